The fraction of sp³-hybridized carbons (Fsp3) is 0.150. The highest BCUT2D eigenvalue weighted by Gasteiger charge is 2.29. The molecule has 3 heterocycles. The Bertz CT molecular complexity index is 999. The number of halogens is 2. The van der Waals surface area contributed by atoms with Gasteiger partial charge in [0.1, 0.15) is 11.6 Å². The van der Waals surface area contributed by atoms with Gasteiger partial charge >= 0.3 is 0 Å². The van der Waals surface area contributed by atoms with E-state index in [2.05, 4.69) is 9.97 Å². The number of hydrogen-bond acceptors (Lipinski definition) is 3. The minimum absolute atomic E-state index is 0.0693. The van der Waals surface area contributed by atoms with Gasteiger partial charge in [0.15, 0.2) is 0 Å². The molecule has 0 N–H and O–H groups in total. The van der Waals surface area contributed by atoms with Crippen molar-refractivity contribution in [2.24, 2.45) is 0 Å². The Balaban J connectivity index is 1.73. The molecule has 0 bridgehead atoms. The molecule has 1 aliphatic heterocycles. The third-order valence-corrected chi connectivity index (χ3v) is 4.48. The van der Waals surface area contributed by atoms with Gasteiger partial charge in [0, 0.05) is 24.0 Å². The van der Waals surface area contributed by atoms with E-state index < -0.39 is 11.6 Å². The highest BCUT2D eigenvalue weighted by molar-refractivity contribution is 6.01. The number of amides is 1. The predicted octanol–water partition coefficient (Wildman–Crippen LogP) is 3.82. The summed E-state index contributed by atoms with van der Waals surface area (Å²) < 4.78 is 27.1. The van der Waals surface area contributed by atoms with Gasteiger partial charge in [-0.05, 0) is 42.3 Å². The molecule has 0 saturated heterocycles. The van der Waals surface area contributed by atoms with E-state index in [1.165, 1.54) is 18.3 Å². The van der Waals surface area contributed by atoms with Crippen molar-refractivity contribution in [3.8, 4) is 11.1 Å². The van der Waals surface area contributed by atoms with Crippen molar-refractivity contribution in [2.45, 2.75) is 19.9 Å². The van der Waals surface area contributed by atoms with Crippen molar-refractivity contribution >= 4 is 11.6 Å². The van der Waals surface area contributed by atoms with E-state index in [1.807, 2.05) is 19.1 Å². The summed E-state index contributed by atoms with van der Waals surface area (Å²) >= 11 is 0. The summed E-state index contributed by atoms with van der Waals surface area (Å²) in [4.78, 5) is 22.7. The summed E-state index contributed by atoms with van der Waals surface area (Å²) in [5.74, 6) is -1.38. The monoisotopic (exact) mass is 351 g/mol. The lowest BCUT2D eigenvalue weighted by Gasteiger charge is -2.18. The fourth-order valence-electron chi connectivity index (χ4n) is 3.11. The topological polar surface area (TPSA) is 46.1 Å². The smallest absolute Gasteiger partial charge is 0.233 e. The first-order chi connectivity index (χ1) is 12.5. The quantitative estimate of drug-likeness (QED) is 0.721. The van der Waals surface area contributed by atoms with Gasteiger partial charge < -0.3 is 4.90 Å². The van der Waals surface area contributed by atoms with Gasteiger partial charge in [0.2, 0.25) is 5.91 Å². The van der Waals surface area contributed by atoms with Crippen LogP contribution < -0.4 is 4.90 Å². The summed E-state index contributed by atoms with van der Waals surface area (Å²) in [6, 6.07) is 8.85. The van der Waals surface area contributed by atoms with Crippen molar-refractivity contribution in [1.82, 2.24) is 9.97 Å². The highest BCUT2D eigenvalue weighted by Crippen LogP contribution is 2.33. The van der Waals surface area contributed by atoms with E-state index in [9.17, 15) is 13.6 Å². The standard InChI is InChI=1S/C20H15F2N3O/c1-12-3-2-4-23-18(12)11-25-19-7-14(10-24-17(19)9-20(25)26)13-5-15(21)8-16(22)6-13/h2-8,10H,9,11H2,1H3. The van der Waals surface area contributed by atoms with Crippen LogP contribution in [0.5, 0.6) is 0 Å². The Morgan fingerprint density at radius 3 is 2.58 bits per heavy atom. The normalized spacial score (nSPS) is 13.2. The minimum Gasteiger partial charge on any atom is -0.304 e. The largest absolute Gasteiger partial charge is 0.304 e. The number of benzene rings is 1. The van der Waals surface area contributed by atoms with Crippen LogP contribution >= 0.6 is 0 Å². The second kappa shape index (κ2) is 6.29. The van der Waals surface area contributed by atoms with Crippen molar-refractivity contribution in [1.29, 1.82) is 0 Å². The fourth-order valence-corrected chi connectivity index (χ4v) is 3.11. The number of fused-ring (bicyclic) bond motifs is 1. The maximum atomic E-state index is 13.5. The summed E-state index contributed by atoms with van der Waals surface area (Å²) in [5.41, 5.74) is 4.04. The lowest BCUT2D eigenvalue weighted by Crippen LogP contribution is -2.26. The second-order valence-corrected chi connectivity index (χ2v) is 6.27. The molecule has 0 radical (unpaired) electrons. The molecule has 130 valence electrons. The molecule has 0 unspecified atom stereocenters. The van der Waals surface area contributed by atoms with E-state index >= 15 is 0 Å². The molecule has 4 nitrogen and oxygen atoms in total. The van der Waals surface area contributed by atoms with Gasteiger partial charge in [-0.2, -0.15) is 0 Å². The van der Waals surface area contributed by atoms with E-state index in [-0.39, 0.29) is 12.3 Å². The molecule has 0 fully saturated rings. The molecule has 0 saturated carbocycles. The zero-order valence-electron chi connectivity index (χ0n) is 14.0. The van der Waals surface area contributed by atoms with E-state index in [1.54, 1.807) is 17.2 Å². The van der Waals surface area contributed by atoms with Gasteiger partial charge in [-0.1, -0.05) is 6.07 Å². The van der Waals surface area contributed by atoms with Gasteiger partial charge in [0.05, 0.1) is 30.0 Å². The predicted molar refractivity (Wildman–Crippen MR) is 93.5 cm³/mol. The number of anilines is 1. The zero-order chi connectivity index (χ0) is 18.3. The molecule has 4 rings (SSSR count). The van der Waals surface area contributed by atoms with Crippen LogP contribution in [-0.4, -0.2) is 15.9 Å². The maximum Gasteiger partial charge on any atom is 0.233 e. The summed E-state index contributed by atoms with van der Waals surface area (Å²) in [6.45, 7) is 2.27. The number of carbonyl (C=O) groups is 1. The molecule has 0 atom stereocenters. The number of nitrogens with zero attached hydrogens (tertiary/aromatic N) is 3. The van der Waals surface area contributed by atoms with Crippen LogP contribution in [0, 0.1) is 18.6 Å². The van der Waals surface area contributed by atoms with Crippen LogP contribution in [0.2, 0.25) is 0 Å². The lowest BCUT2D eigenvalue weighted by atomic mass is 10.1. The molecular formula is C20H15F2N3O. The van der Waals surface area contributed by atoms with Crippen molar-refractivity contribution < 1.29 is 13.6 Å². The Morgan fingerprint density at radius 1 is 1.08 bits per heavy atom. The van der Waals surface area contributed by atoms with Crippen LogP contribution in [-0.2, 0) is 17.8 Å². The number of hydrogen-bond donors (Lipinski definition) is 0. The number of aryl methyl sites for hydroxylation is 1. The third-order valence-electron chi connectivity index (χ3n) is 4.48. The second-order valence-electron chi connectivity index (χ2n) is 6.27. The molecule has 26 heavy (non-hydrogen) atoms. The molecule has 1 aromatic carbocycles. The summed E-state index contributed by atoms with van der Waals surface area (Å²) in [6.07, 6.45) is 3.43. The Labute approximate surface area is 149 Å². The number of pyridine rings is 2. The highest BCUT2D eigenvalue weighted by atomic mass is 19.1. The Hall–Kier alpha value is -3.15. The summed E-state index contributed by atoms with van der Waals surface area (Å²) in [7, 11) is 0. The maximum absolute atomic E-state index is 13.5. The molecule has 0 aliphatic carbocycles. The van der Waals surface area contributed by atoms with E-state index in [0.29, 0.717) is 29.1 Å². The van der Waals surface area contributed by atoms with Gasteiger partial charge in [-0.25, -0.2) is 8.78 Å². The average Bonchev–Trinajstić information content (AvgIpc) is 2.91. The van der Waals surface area contributed by atoms with Crippen molar-refractivity contribution in [2.75, 3.05) is 4.90 Å². The zero-order valence-corrected chi connectivity index (χ0v) is 14.0. The van der Waals surface area contributed by atoms with Crippen LogP contribution in [0.15, 0.2) is 48.8 Å². The first kappa shape index (κ1) is 16.3. The van der Waals surface area contributed by atoms with Gasteiger partial charge in [0.25, 0.3) is 0 Å². The molecule has 1 amide bonds. The number of rotatable bonds is 3. The van der Waals surface area contributed by atoms with Crippen LogP contribution in [0.1, 0.15) is 17.0 Å². The van der Waals surface area contributed by atoms with Crippen molar-refractivity contribution in [3.05, 3.63) is 77.4 Å². The molecule has 3 aromatic rings. The molecule has 2 aromatic heterocycles. The minimum atomic E-state index is -0.655. The number of carbonyl (C=O) groups excluding carboxylic acids is 1. The molecular weight excluding hydrogens is 336 g/mol. The summed E-state index contributed by atoms with van der Waals surface area (Å²) in [5, 5.41) is 0. The molecule has 1 aliphatic rings. The Morgan fingerprint density at radius 2 is 1.85 bits per heavy atom. The SMILES string of the molecule is Cc1cccnc1CN1C(=O)Cc2ncc(-c3cc(F)cc(F)c3)cc21. The van der Waals surface area contributed by atoms with Crippen LogP contribution in [0.25, 0.3) is 11.1 Å². The van der Waals surface area contributed by atoms with Crippen LogP contribution in [0.3, 0.4) is 0 Å². The van der Waals surface area contributed by atoms with Crippen molar-refractivity contribution in [3.63, 3.8) is 0 Å². The first-order valence-electron chi connectivity index (χ1n) is 8.17. The third kappa shape index (κ3) is 2.94. The van der Waals surface area contributed by atoms with Crippen LogP contribution in [0.4, 0.5) is 14.5 Å². The first-order valence-corrected chi connectivity index (χ1v) is 8.17. The van der Waals surface area contributed by atoms with E-state index in [0.717, 1.165) is 17.3 Å². The lowest BCUT2D eigenvalue weighted by molar-refractivity contribution is -0.117. The average molecular weight is 351 g/mol. The molecule has 6 heteroatoms. The van der Waals surface area contributed by atoms with Gasteiger partial charge in [-0.3, -0.25) is 14.8 Å². The Kier molecular flexibility index (Phi) is 3.95. The number of aromatic nitrogens is 2. The van der Waals surface area contributed by atoms with E-state index in [4.69, 9.17) is 0 Å². The van der Waals surface area contributed by atoms with Gasteiger partial charge in [-0.15, -0.1) is 0 Å². The molecule has 0 spiro atoms.